The summed E-state index contributed by atoms with van der Waals surface area (Å²) in [5.74, 6) is -0.903. The van der Waals surface area contributed by atoms with Crippen LogP contribution in [0.15, 0.2) is 12.2 Å². The Bertz CT molecular complexity index is 256. The van der Waals surface area contributed by atoms with Gasteiger partial charge in [0.2, 0.25) is 0 Å². The maximum absolute atomic E-state index is 10.5. The Hall–Kier alpha value is -0.870. The van der Waals surface area contributed by atoms with Gasteiger partial charge in [0.25, 0.3) is 0 Å². The van der Waals surface area contributed by atoms with Crippen LogP contribution in [0.2, 0.25) is 0 Å². The maximum atomic E-state index is 10.5. The van der Waals surface area contributed by atoms with Gasteiger partial charge in [-0.1, -0.05) is 13.5 Å². The first kappa shape index (κ1) is 13.2. The highest BCUT2D eigenvalue weighted by Crippen LogP contribution is 2.26. The van der Waals surface area contributed by atoms with Gasteiger partial charge in [-0.3, -0.25) is 0 Å². The third-order valence-corrected chi connectivity index (χ3v) is 2.67. The second-order valence-corrected chi connectivity index (χ2v) is 4.72. The Kier molecular flexibility index (Phi) is 4.96. The zero-order valence-electron chi connectivity index (χ0n) is 9.83. The average Bonchev–Trinajstić information content (AvgIpc) is 2.20. The molecule has 1 aliphatic heterocycles. The van der Waals surface area contributed by atoms with Gasteiger partial charge in [-0.15, -0.1) is 0 Å². The first-order chi connectivity index (χ1) is 7.53. The lowest BCUT2D eigenvalue weighted by Gasteiger charge is -2.37. The molecule has 1 N–H and O–H groups in total. The van der Waals surface area contributed by atoms with Crippen molar-refractivity contribution in [3.05, 3.63) is 12.2 Å². The highest BCUT2D eigenvalue weighted by Gasteiger charge is 2.33. The molecule has 1 heterocycles. The van der Waals surface area contributed by atoms with Gasteiger partial charge in [0, 0.05) is 17.6 Å². The molecule has 0 radical (unpaired) electrons. The Balaban J connectivity index is 1.92. The number of unbranched alkanes of at least 4 members (excludes halogenated alkanes) is 1. The van der Waals surface area contributed by atoms with Crippen LogP contribution < -0.4 is 0 Å². The van der Waals surface area contributed by atoms with Gasteiger partial charge in [0.1, 0.15) is 0 Å². The van der Waals surface area contributed by atoms with Crippen molar-refractivity contribution in [1.82, 2.24) is 0 Å². The highest BCUT2D eigenvalue weighted by molar-refractivity contribution is 5.85. The quantitative estimate of drug-likeness (QED) is 0.509. The van der Waals surface area contributed by atoms with Gasteiger partial charge in [-0.05, 0) is 19.3 Å². The molecular weight excluding hydrogens is 208 g/mol. The lowest BCUT2D eigenvalue weighted by Crippen LogP contribution is -2.43. The number of rotatable bonds is 8. The second kappa shape index (κ2) is 6.01. The van der Waals surface area contributed by atoms with Crippen molar-refractivity contribution in [1.29, 1.82) is 0 Å². The van der Waals surface area contributed by atoms with Crippen LogP contribution in [-0.2, 0) is 14.3 Å². The fraction of sp³-hybridized carbons (Fsp3) is 0.750. The molecule has 0 amide bonds. The first-order valence-electron chi connectivity index (χ1n) is 5.60. The number of carbonyl (C=O) groups is 1. The van der Waals surface area contributed by atoms with Gasteiger partial charge < -0.3 is 14.6 Å². The highest BCUT2D eigenvalue weighted by atomic mass is 16.5. The number of ether oxygens (including phenoxy) is 2. The molecule has 16 heavy (non-hydrogen) atoms. The molecule has 1 fully saturated rings. The summed E-state index contributed by atoms with van der Waals surface area (Å²) in [7, 11) is 0. The summed E-state index contributed by atoms with van der Waals surface area (Å²) >= 11 is 0. The lowest BCUT2D eigenvalue weighted by molar-refractivity contribution is -0.138. The molecular formula is C12H20O4. The number of carboxylic acid groups (broad SMARTS) is 1. The van der Waals surface area contributed by atoms with Crippen LogP contribution in [0.1, 0.15) is 26.2 Å². The smallest absolute Gasteiger partial charge is 0.330 e. The normalized spacial score (nSPS) is 17.8. The lowest BCUT2D eigenvalue weighted by atomic mass is 9.90. The Morgan fingerprint density at radius 2 is 2.19 bits per heavy atom. The SMILES string of the molecule is C=C(CCCCOCC1(C)COC1)C(=O)O. The molecule has 0 aromatic carbocycles. The molecule has 0 atom stereocenters. The number of carboxylic acids is 1. The van der Waals surface area contributed by atoms with E-state index in [1.165, 1.54) is 0 Å². The van der Waals surface area contributed by atoms with E-state index in [4.69, 9.17) is 14.6 Å². The zero-order chi connectivity index (χ0) is 12.0. The summed E-state index contributed by atoms with van der Waals surface area (Å²) in [6.07, 6.45) is 2.24. The van der Waals surface area contributed by atoms with Crippen molar-refractivity contribution in [2.24, 2.45) is 5.41 Å². The molecule has 0 aromatic heterocycles. The zero-order valence-corrected chi connectivity index (χ0v) is 9.83. The van der Waals surface area contributed by atoms with E-state index in [-0.39, 0.29) is 11.0 Å². The first-order valence-corrected chi connectivity index (χ1v) is 5.60. The van der Waals surface area contributed by atoms with Crippen molar-refractivity contribution in [3.8, 4) is 0 Å². The molecule has 92 valence electrons. The summed E-state index contributed by atoms with van der Waals surface area (Å²) in [6.45, 7) is 8.59. The van der Waals surface area contributed by atoms with Crippen molar-refractivity contribution < 1.29 is 19.4 Å². The van der Waals surface area contributed by atoms with Gasteiger partial charge in [0.05, 0.1) is 19.8 Å². The van der Waals surface area contributed by atoms with Crippen LogP contribution in [0.3, 0.4) is 0 Å². The van der Waals surface area contributed by atoms with Crippen molar-refractivity contribution in [3.63, 3.8) is 0 Å². The number of hydrogen-bond acceptors (Lipinski definition) is 3. The van der Waals surface area contributed by atoms with E-state index >= 15 is 0 Å². The minimum absolute atomic E-state index is 0.199. The molecule has 0 bridgehead atoms. The molecule has 0 unspecified atom stereocenters. The van der Waals surface area contributed by atoms with Gasteiger partial charge >= 0.3 is 5.97 Å². The monoisotopic (exact) mass is 228 g/mol. The fourth-order valence-electron chi connectivity index (χ4n) is 1.50. The van der Waals surface area contributed by atoms with E-state index < -0.39 is 5.97 Å². The largest absolute Gasteiger partial charge is 0.478 e. The molecule has 0 aromatic rings. The van der Waals surface area contributed by atoms with E-state index in [1.54, 1.807) is 0 Å². The minimum atomic E-state index is -0.903. The van der Waals surface area contributed by atoms with Gasteiger partial charge in [-0.25, -0.2) is 4.79 Å². The van der Waals surface area contributed by atoms with Crippen molar-refractivity contribution >= 4 is 5.97 Å². The van der Waals surface area contributed by atoms with E-state index in [0.29, 0.717) is 13.0 Å². The number of aliphatic carboxylic acids is 1. The second-order valence-electron chi connectivity index (χ2n) is 4.72. The molecule has 1 saturated heterocycles. The molecule has 0 aliphatic carbocycles. The third-order valence-electron chi connectivity index (χ3n) is 2.67. The van der Waals surface area contributed by atoms with Crippen molar-refractivity contribution in [2.45, 2.75) is 26.2 Å². The summed E-state index contributed by atoms with van der Waals surface area (Å²) < 4.78 is 10.6. The molecule has 0 saturated carbocycles. The Morgan fingerprint density at radius 3 is 2.69 bits per heavy atom. The average molecular weight is 228 g/mol. The molecule has 4 nitrogen and oxygen atoms in total. The summed E-state index contributed by atoms with van der Waals surface area (Å²) in [4.78, 5) is 10.5. The molecule has 0 spiro atoms. The Labute approximate surface area is 96.2 Å². The van der Waals surface area contributed by atoms with E-state index in [1.807, 2.05) is 0 Å². The maximum Gasteiger partial charge on any atom is 0.330 e. The third kappa shape index (κ3) is 4.33. The summed E-state index contributed by atoms with van der Waals surface area (Å²) in [5, 5.41) is 8.59. The predicted molar refractivity (Wildman–Crippen MR) is 60.4 cm³/mol. The Morgan fingerprint density at radius 1 is 1.50 bits per heavy atom. The standard InChI is InChI=1S/C12H20O4/c1-10(11(13)14)5-3-4-6-15-7-12(2)8-16-9-12/h1,3-9H2,2H3,(H,13,14). The van der Waals surface area contributed by atoms with Crippen LogP contribution in [0.5, 0.6) is 0 Å². The van der Waals surface area contributed by atoms with Crippen LogP contribution in [0.4, 0.5) is 0 Å². The number of hydrogen-bond donors (Lipinski definition) is 1. The minimum Gasteiger partial charge on any atom is -0.478 e. The van der Waals surface area contributed by atoms with Crippen LogP contribution in [0.25, 0.3) is 0 Å². The summed E-state index contributed by atoms with van der Waals surface area (Å²) in [6, 6.07) is 0. The van der Waals surface area contributed by atoms with Crippen LogP contribution >= 0.6 is 0 Å². The van der Waals surface area contributed by atoms with E-state index in [0.717, 1.165) is 32.7 Å². The summed E-state index contributed by atoms with van der Waals surface area (Å²) in [5.41, 5.74) is 0.476. The fourth-order valence-corrected chi connectivity index (χ4v) is 1.50. The predicted octanol–water partition coefficient (Wildman–Crippen LogP) is 1.85. The topological polar surface area (TPSA) is 55.8 Å². The van der Waals surface area contributed by atoms with E-state index in [9.17, 15) is 4.79 Å². The van der Waals surface area contributed by atoms with Gasteiger partial charge in [-0.2, -0.15) is 0 Å². The van der Waals surface area contributed by atoms with Crippen molar-refractivity contribution in [2.75, 3.05) is 26.4 Å². The van der Waals surface area contributed by atoms with E-state index in [2.05, 4.69) is 13.5 Å². The van der Waals surface area contributed by atoms with Crippen LogP contribution in [0, 0.1) is 5.41 Å². The van der Waals surface area contributed by atoms with Gasteiger partial charge in [0.15, 0.2) is 0 Å². The van der Waals surface area contributed by atoms with Crippen LogP contribution in [-0.4, -0.2) is 37.5 Å². The molecule has 1 aliphatic rings. The molecule has 4 heteroatoms. The molecule has 1 rings (SSSR count).